The van der Waals surface area contributed by atoms with Crippen LogP contribution in [-0.2, 0) is 6.42 Å². The Hall–Kier alpha value is -2.75. The minimum Gasteiger partial charge on any atom is -0.496 e. The summed E-state index contributed by atoms with van der Waals surface area (Å²) in [7, 11) is 4.97. The second-order valence-corrected chi connectivity index (χ2v) is 5.67. The van der Waals surface area contributed by atoms with Gasteiger partial charge >= 0.3 is 0 Å². The number of pyridine rings is 1. The Kier molecular flexibility index (Phi) is 4.56. The van der Waals surface area contributed by atoms with Gasteiger partial charge in [0.2, 0.25) is 0 Å². The Balaban J connectivity index is 2.04. The van der Waals surface area contributed by atoms with Crippen molar-refractivity contribution in [3.8, 4) is 17.2 Å². The highest BCUT2D eigenvalue weighted by atomic mass is 16.5. The Bertz CT molecular complexity index is 874. The molecule has 0 aliphatic rings. The minimum atomic E-state index is 0.712. The lowest BCUT2D eigenvalue weighted by Crippen LogP contribution is -1.97. The Labute approximate surface area is 142 Å². The van der Waals surface area contributed by atoms with Gasteiger partial charge in [0.25, 0.3) is 0 Å². The molecule has 0 spiro atoms. The summed E-state index contributed by atoms with van der Waals surface area (Å²) in [4.78, 5) is 4.58. The number of benzene rings is 2. The topological polar surface area (TPSA) is 40.6 Å². The summed E-state index contributed by atoms with van der Waals surface area (Å²) in [5, 5.41) is 2.27. The van der Waals surface area contributed by atoms with Crippen LogP contribution in [0.15, 0.2) is 42.6 Å². The highest BCUT2D eigenvalue weighted by Gasteiger charge is 2.10. The van der Waals surface area contributed by atoms with Crippen molar-refractivity contribution in [1.82, 2.24) is 4.98 Å². The zero-order chi connectivity index (χ0) is 17.1. The number of nitrogens with zero attached hydrogens (tertiary/aromatic N) is 1. The average molecular weight is 323 g/mol. The molecule has 124 valence electrons. The van der Waals surface area contributed by atoms with Gasteiger partial charge in [0.1, 0.15) is 5.75 Å². The number of rotatable bonds is 5. The molecule has 1 aromatic heterocycles. The number of hydrogen-bond acceptors (Lipinski definition) is 4. The van der Waals surface area contributed by atoms with E-state index in [-0.39, 0.29) is 0 Å². The van der Waals surface area contributed by atoms with Crippen molar-refractivity contribution in [3.63, 3.8) is 0 Å². The molecule has 0 saturated heterocycles. The molecule has 0 bridgehead atoms. The van der Waals surface area contributed by atoms with Gasteiger partial charge in [0, 0.05) is 18.0 Å². The molecule has 0 aliphatic carbocycles. The number of aromatic nitrogens is 1. The second-order valence-electron chi connectivity index (χ2n) is 5.67. The van der Waals surface area contributed by atoms with E-state index in [4.69, 9.17) is 14.2 Å². The molecule has 0 aliphatic heterocycles. The van der Waals surface area contributed by atoms with E-state index in [1.807, 2.05) is 37.4 Å². The van der Waals surface area contributed by atoms with E-state index in [0.29, 0.717) is 6.42 Å². The van der Waals surface area contributed by atoms with E-state index in [1.165, 1.54) is 5.39 Å². The molecule has 0 unspecified atom stereocenters. The first kappa shape index (κ1) is 16.1. The van der Waals surface area contributed by atoms with Crippen molar-refractivity contribution in [2.45, 2.75) is 13.3 Å². The molecule has 0 amide bonds. The highest BCUT2D eigenvalue weighted by Crippen LogP contribution is 2.31. The largest absolute Gasteiger partial charge is 0.496 e. The van der Waals surface area contributed by atoms with Gasteiger partial charge in [-0.2, -0.15) is 0 Å². The highest BCUT2D eigenvalue weighted by molar-refractivity contribution is 5.87. The van der Waals surface area contributed by atoms with Crippen LogP contribution in [0.25, 0.3) is 10.8 Å². The molecule has 3 rings (SSSR count). The first-order chi connectivity index (χ1) is 11.7. The molecular weight excluding hydrogens is 302 g/mol. The van der Waals surface area contributed by atoms with E-state index >= 15 is 0 Å². The van der Waals surface area contributed by atoms with Crippen molar-refractivity contribution in [1.29, 1.82) is 0 Å². The van der Waals surface area contributed by atoms with Crippen LogP contribution in [0, 0.1) is 6.92 Å². The van der Waals surface area contributed by atoms with E-state index < -0.39 is 0 Å². The number of fused-ring (bicyclic) bond motifs is 1. The van der Waals surface area contributed by atoms with Crippen molar-refractivity contribution in [3.05, 3.63) is 59.4 Å². The molecule has 24 heavy (non-hydrogen) atoms. The predicted molar refractivity (Wildman–Crippen MR) is 95.4 cm³/mol. The number of methoxy groups -OCH3 is 3. The van der Waals surface area contributed by atoms with E-state index in [0.717, 1.165) is 39.5 Å². The normalized spacial score (nSPS) is 10.7. The molecule has 0 saturated carbocycles. The van der Waals surface area contributed by atoms with Crippen molar-refractivity contribution >= 4 is 10.8 Å². The van der Waals surface area contributed by atoms with Gasteiger partial charge in [0.05, 0.1) is 27.0 Å². The van der Waals surface area contributed by atoms with E-state index in [1.54, 1.807) is 21.3 Å². The fraction of sp³-hybridized carbons (Fsp3) is 0.250. The molecule has 4 nitrogen and oxygen atoms in total. The lowest BCUT2D eigenvalue weighted by molar-refractivity contribution is 0.354. The lowest BCUT2D eigenvalue weighted by Gasteiger charge is -2.12. The van der Waals surface area contributed by atoms with Crippen LogP contribution in [0.5, 0.6) is 17.2 Å². The molecule has 0 fully saturated rings. The second kappa shape index (κ2) is 6.79. The number of aryl methyl sites for hydroxylation is 1. The molecule has 2 aromatic carbocycles. The molecule has 3 aromatic rings. The summed E-state index contributed by atoms with van der Waals surface area (Å²) in [6.45, 7) is 2.05. The number of hydrogen-bond donors (Lipinski definition) is 0. The first-order valence-electron chi connectivity index (χ1n) is 7.79. The van der Waals surface area contributed by atoms with E-state index in [9.17, 15) is 0 Å². The van der Waals surface area contributed by atoms with Crippen LogP contribution in [0.4, 0.5) is 0 Å². The monoisotopic (exact) mass is 323 g/mol. The van der Waals surface area contributed by atoms with Crippen molar-refractivity contribution in [2.75, 3.05) is 21.3 Å². The standard InChI is InChI=1S/C20H21NO3/c1-13-9-15-7-8-21-17(16(15)12-19(13)23-3)10-14-5-6-18(22-2)20(11-14)24-4/h5-9,11-12H,10H2,1-4H3. The zero-order valence-electron chi connectivity index (χ0n) is 14.4. The van der Waals surface area contributed by atoms with Gasteiger partial charge in [-0.25, -0.2) is 0 Å². The quantitative estimate of drug-likeness (QED) is 0.707. The molecule has 0 radical (unpaired) electrons. The molecule has 1 heterocycles. The molecular formula is C20H21NO3. The SMILES string of the molecule is COc1cc2c(Cc3ccc(OC)c(OC)c3)nccc2cc1C. The minimum absolute atomic E-state index is 0.712. The third-order valence-electron chi connectivity index (χ3n) is 4.18. The van der Waals surface area contributed by atoms with Crippen LogP contribution in [-0.4, -0.2) is 26.3 Å². The molecule has 0 N–H and O–H groups in total. The Morgan fingerprint density at radius 1 is 0.833 bits per heavy atom. The summed E-state index contributed by atoms with van der Waals surface area (Å²) in [5.41, 5.74) is 3.25. The molecule has 0 atom stereocenters. The van der Waals surface area contributed by atoms with Gasteiger partial charge in [-0.3, -0.25) is 4.98 Å². The summed E-state index contributed by atoms with van der Waals surface area (Å²) in [6, 6.07) is 12.2. The van der Waals surface area contributed by atoms with Gasteiger partial charge in [0.15, 0.2) is 11.5 Å². The van der Waals surface area contributed by atoms with Gasteiger partial charge in [-0.05, 0) is 53.8 Å². The fourth-order valence-corrected chi connectivity index (χ4v) is 2.92. The Morgan fingerprint density at radius 2 is 1.58 bits per heavy atom. The fourth-order valence-electron chi connectivity index (χ4n) is 2.92. The maximum absolute atomic E-state index is 5.46. The maximum Gasteiger partial charge on any atom is 0.160 e. The summed E-state index contributed by atoms with van der Waals surface area (Å²) < 4.78 is 16.1. The predicted octanol–water partition coefficient (Wildman–Crippen LogP) is 4.16. The van der Waals surface area contributed by atoms with Gasteiger partial charge < -0.3 is 14.2 Å². The molecule has 4 heteroatoms. The van der Waals surface area contributed by atoms with Crippen molar-refractivity contribution < 1.29 is 14.2 Å². The van der Waals surface area contributed by atoms with Crippen LogP contribution in [0.3, 0.4) is 0 Å². The summed E-state index contributed by atoms with van der Waals surface area (Å²) in [5.74, 6) is 2.33. The van der Waals surface area contributed by atoms with Crippen molar-refractivity contribution in [2.24, 2.45) is 0 Å². The average Bonchev–Trinajstić information content (AvgIpc) is 2.61. The Morgan fingerprint density at radius 3 is 2.29 bits per heavy atom. The third-order valence-corrected chi connectivity index (χ3v) is 4.18. The van der Waals surface area contributed by atoms with Gasteiger partial charge in [-0.15, -0.1) is 0 Å². The third kappa shape index (κ3) is 3.00. The first-order valence-corrected chi connectivity index (χ1v) is 7.79. The zero-order valence-corrected chi connectivity index (χ0v) is 14.4. The van der Waals surface area contributed by atoms with Crippen LogP contribution in [0.2, 0.25) is 0 Å². The van der Waals surface area contributed by atoms with Crippen LogP contribution < -0.4 is 14.2 Å². The smallest absolute Gasteiger partial charge is 0.160 e. The van der Waals surface area contributed by atoms with Crippen LogP contribution >= 0.6 is 0 Å². The summed E-state index contributed by atoms with van der Waals surface area (Å²) in [6.07, 6.45) is 2.56. The van der Waals surface area contributed by atoms with E-state index in [2.05, 4.69) is 17.1 Å². The van der Waals surface area contributed by atoms with Crippen LogP contribution in [0.1, 0.15) is 16.8 Å². The lowest BCUT2D eigenvalue weighted by atomic mass is 10.0. The summed E-state index contributed by atoms with van der Waals surface area (Å²) >= 11 is 0. The number of ether oxygens (including phenoxy) is 3. The van der Waals surface area contributed by atoms with Gasteiger partial charge in [-0.1, -0.05) is 6.07 Å². The maximum atomic E-state index is 5.46.